The van der Waals surface area contributed by atoms with Crippen molar-refractivity contribution >= 4 is 23.5 Å². The highest BCUT2D eigenvalue weighted by Gasteiger charge is 2.25. The Morgan fingerprint density at radius 1 is 1.31 bits per heavy atom. The molecule has 0 aromatic carbocycles. The van der Waals surface area contributed by atoms with E-state index < -0.39 is 11.2 Å². The van der Waals surface area contributed by atoms with Gasteiger partial charge in [0.15, 0.2) is 11.0 Å². The van der Waals surface area contributed by atoms with Gasteiger partial charge in [-0.1, -0.05) is 13.8 Å². The monoisotopic (exact) mass is 204 g/mol. The maximum absolute atomic E-state index is 11.3. The first-order chi connectivity index (χ1) is 6.17. The maximum Gasteiger partial charge on any atom is 0.326 e. The molecule has 0 bridgehead atoms. The number of ketones is 1. The Bertz CT molecular complexity index is 180. The molecule has 0 saturated carbocycles. The highest BCUT2D eigenvalue weighted by atomic mass is 32.2. The van der Waals surface area contributed by atoms with Crippen LogP contribution in [0.5, 0.6) is 0 Å². The van der Waals surface area contributed by atoms with E-state index in [4.69, 9.17) is 4.74 Å². The Kier molecular flexibility index (Phi) is 6.68. The summed E-state index contributed by atoms with van der Waals surface area (Å²) in [6.45, 7) is 5.74. The summed E-state index contributed by atoms with van der Waals surface area (Å²) in [6, 6.07) is 0. The molecule has 3 nitrogen and oxygen atoms in total. The minimum Gasteiger partial charge on any atom is -0.465 e. The first-order valence-corrected chi connectivity index (χ1v) is 5.53. The lowest BCUT2D eigenvalue weighted by atomic mass is 10.2. The summed E-state index contributed by atoms with van der Waals surface area (Å²) in [5, 5.41) is -0.616. The Balaban J connectivity index is 4.22. The van der Waals surface area contributed by atoms with Gasteiger partial charge in [0.25, 0.3) is 0 Å². The highest BCUT2D eigenvalue weighted by molar-refractivity contribution is 8.01. The van der Waals surface area contributed by atoms with Crippen LogP contribution in [0.3, 0.4) is 0 Å². The lowest BCUT2D eigenvalue weighted by molar-refractivity contribution is -0.144. The fourth-order valence-corrected chi connectivity index (χ4v) is 1.75. The number of Topliss-reactive ketones (excluding diaryl/α,β-unsaturated/α-hetero) is 1. The Morgan fingerprint density at radius 3 is 2.31 bits per heavy atom. The summed E-state index contributed by atoms with van der Waals surface area (Å²) in [6.07, 6.45) is 0.385. The third-order valence-corrected chi connectivity index (χ3v) is 2.60. The van der Waals surface area contributed by atoms with Crippen molar-refractivity contribution in [2.45, 2.75) is 32.4 Å². The third kappa shape index (κ3) is 4.31. The third-order valence-electron chi connectivity index (χ3n) is 1.47. The second-order valence-corrected chi connectivity index (χ2v) is 3.79. The largest absolute Gasteiger partial charge is 0.465 e. The minimum absolute atomic E-state index is 0.0506. The van der Waals surface area contributed by atoms with Crippen molar-refractivity contribution in [2.75, 3.05) is 12.4 Å². The number of esters is 1. The van der Waals surface area contributed by atoms with Gasteiger partial charge in [-0.15, -0.1) is 11.8 Å². The minimum atomic E-state index is -0.616. The van der Waals surface area contributed by atoms with Crippen molar-refractivity contribution in [1.82, 2.24) is 0 Å². The van der Waals surface area contributed by atoms with Gasteiger partial charge in [-0.2, -0.15) is 0 Å². The average molecular weight is 204 g/mol. The second-order valence-electron chi connectivity index (χ2n) is 2.41. The van der Waals surface area contributed by atoms with Crippen LogP contribution in [0.15, 0.2) is 0 Å². The number of hydrogen-bond donors (Lipinski definition) is 0. The number of thioether (sulfide) groups is 1. The second kappa shape index (κ2) is 6.95. The van der Waals surface area contributed by atoms with Crippen molar-refractivity contribution in [3.8, 4) is 0 Å². The van der Waals surface area contributed by atoms with Crippen LogP contribution in [0.25, 0.3) is 0 Å². The summed E-state index contributed by atoms with van der Waals surface area (Å²) in [7, 11) is 0. The quantitative estimate of drug-likeness (QED) is 0.487. The number of carbonyl (C=O) groups is 2. The molecule has 4 heteroatoms. The smallest absolute Gasteiger partial charge is 0.326 e. The van der Waals surface area contributed by atoms with Crippen LogP contribution in [0.4, 0.5) is 0 Å². The van der Waals surface area contributed by atoms with Crippen LogP contribution in [-0.2, 0) is 14.3 Å². The highest BCUT2D eigenvalue weighted by Crippen LogP contribution is 2.14. The van der Waals surface area contributed by atoms with Crippen LogP contribution < -0.4 is 0 Å². The van der Waals surface area contributed by atoms with E-state index in [0.717, 1.165) is 5.75 Å². The first kappa shape index (κ1) is 12.5. The molecule has 0 radical (unpaired) electrons. The van der Waals surface area contributed by atoms with Gasteiger partial charge in [0.05, 0.1) is 6.61 Å². The molecule has 0 rings (SSSR count). The summed E-state index contributed by atoms with van der Waals surface area (Å²) in [5.41, 5.74) is 0. The predicted molar refractivity (Wildman–Crippen MR) is 53.9 cm³/mol. The van der Waals surface area contributed by atoms with Gasteiger partial charge in [0, 0.05) is 6.42 Å². The fraction of sp³-hybridized carbons (Fsp3) is 0.778. The zero-order valence-corrected chi connectivity index (χ0v) is 9.15. The van der Waals surface area contributed by atoms with E-state index >= 15 is 0 Å². The molecule has 0 aromatic rings. The van der Waals surface area contributed by atoms with Crippen LogP contribution in [-0.4, -0.2) is 29.4 Å². The molecule has 0 saturated heterocycles. The molecule has 0 heterocycles. The maximum atomic E-state index is 11.3. The van der Waals surface area contributed by atoms with Crippen molar-refractivity contribution in [3.05, 3.63) is 0 Å². The molecule has 0 aliphatic heterocycles. The summed E-state index contributed by atoms with van der Waals surface area (Å²) in [5.74, 6) is 0.293. The standard InChI is InChI=1S/C9H16O3S/c1-4-7(10)8(13-6-3)9(11)12-5-2/h8H,4-6H2,1-3H3. The number of rotatable bonds is 6. The lowest BCUT2D eigenvalue weighted by Crippen LogP contribution is -2.28. The van der Waals surface area contributed by atoms with Crippen molar-refractivity contribution < 1.29 is 14.3 Å². The molecule has 0 amide bonds. The molecule has 1 atom stereocenters. The Labute approximate surface area is 83.2 Å². The van der Waals surface area contributed by atoms with E-state index in [0.29, 0.717) is 13.0 Å². The zero-order chi connectivity index (χ0) is 10.3. The van der Waals surface area contributed by atoms with Crippen LogP contribution >= 0.6 is 11.8 Å². The molecule has 13 heavy (non-hydrogen) atoms. The normalized spacial score (nSPS) is 12.2. The molecule has 1 unspecified atom stereocenters. The van der Waals surface area contributed by atoms with Gasteiger partial charge in [0.1, 0.15) is 0 Å². The van der Waals surface area contributed by atoms with Gasteiger partial charge in [0.2, 0.25) is 0 Å². The van der Waals surface area contributed by atoms with Gasteiger partial charge in [-0.05, 0) is 12.7 Å². The number of carbonyl (C=O) groups excluding carboxylic acids is 2. The fourth-order valence-electron chi connectivity index (χ4n) is 0.862. The topological polar surface area (TPSA) is 43.4 Å². The summed E-state index contributed by atoms with van der Waals surface area (Å²) in [4.78, 5) is 22.6. The zero-order valence-electron chi connectivity index (χ0n) is 8.33. The number of hydrogen-bond acceptors (Lipinski definition) is 4. The van der Waals surface area contributed by atoms with Crippen molar-refractivity contribution in [1.29, 1.82) is 0 Å². The first-order valence-electron chi connectivity index (χ1n) is 4.48. The Hall–Kier alpha value is -0.510. The molecular formula is C9H16O3S. The van der Waals surface area contributed by atoms with Gasteiger partial charge < -0.3 is 4.74 Å². The molecule has 0 aliphatic rings. The van der Waals surface area contributed by atoms with Crippen LogP contribution in [0.1, 0.15) is 27.2 Å². The van der Waals surface area contributed by atoms with Crippen LogP contribution in [0, 0.1) is 0 Å². The molecule has 0 spiro atoms. The summed E-state index contributed by atoms with van der Waals surface area (Å²) >= 11 is 1.33. The van der Waals surface area contributed by atoms with Gasteiger partial charge in [-0.3, -0.25) is 9.59 Å². The molecule has 0 aromatic heterocycles. The van der Waals surface area contributed by atoms with E-state index in [1.807, 2.05) is 6.92 Å². The van der Waals surface area contributed by atoms with Crippen molar-refractivity contribution in [3.63, 3.8) is 0 Å². The van der Waals surface area contributed by atoms with E-state index in [9.17, 15) is 9.59 Å². The molecule has 0 N–H and O–H groups in total. The van der Waals surface area contributed by atoms with E-state index in [2.05, 4.69) is 0 Å². The van der Waals surface area contributed by atoms with Crippen LogP contribution in [0.2, 0.25) is 0 Å². The molecule has 76 valence electrons. The number of ether oxygens (including phenoxy) is 1. The molecular weight excluding hydrogens is 188 g/mol. The SMILES string of the molecule is CCOC(=O)C(SCC)C(=O)CC. The lowest BCUT2D eigenvalue weighted by Gasteiger charge is -2.11. The van der Waals surface area contributed by atoms with E-state index in [1.165, 1.54) is 11.8 Å². The summed E-state index contributed by atoms with van der Waals surface area (Å²) < 4.78 is 4.80. The van der Waals surface area contributed by atoms with Gasteiger partial charge in [-0.25, -0.2) is 0 Å². The molecule has 0 fully saturated rings. The van der Waals surface area contributed by atoms with Crippen molar-refractivity contribution in [2.24, 2.45) is 0 Å². The average Bonchev–Trinajstić information content (AvgIpc) is 2.13. The molecule has 0 aliphatic carbocycles. The van der Waals surface area contributed by atoms with E-state index in [1.54, 1.807) is 13.8 Å². The predicted octanol–water partition coefficient (Wildman–Crippen LogP) is 1.65. The Morgan fingerprint density at radius 2 is 1.92 bits per heavy atom. The van der Waals surface area contributed by atoms with E-state index in [-0.39, 0.29) is 5.78 Å². The van der Waals surface area contributed by atoms with Gasteiger partial charge >= 0.3 is 5.97 Å².